The van der Waals surface area contributed by atoms with Gasteiger partial charge in [-0.25, -0.2) is 0 Å². The summed E-state index contributed by atoms with van der Waals surface area (Å²) in [5, 5.41) is 25.4. The number of nitrogens with zero attached hydrogens (tertiary/aromatic N) is 2. The van der Waals surface area contributed by atoms with Crippen LogP contribution in [0.4, 0.5) is 0 Å². The van der Waals surface area contributed by atoms with Crippen LogP contribution in [0.1, 0.15) is 155 Å². The summed E-state index contributed by atoms with van der Waals surface area (Å²) in [6.45, 7) is 10.3. The van der Waals surface area contributed by atoms with Crippen LogP contribution in [0.5, 0.6) is 0 Å². The SMILES string of the molecule is CCCCCCCCNC(=O)C[N+](C)(CCO)CCCCCCCCCCCC[N+](C)(CCO)CC(=O)NCCCCCCCC. The molecule has 2 unspecified atom stereocenters. The topological polar surface area (TPSA) is 98.7 Å². The molecule has 0 aromatic rings. The van der Waals surface area contributed by atoms with E-state index < -0.39 is 0 Å². The fourth-order valence-electron chi connectivity index (χ4n) is 6.50. The van der Waals surface area contributed by atoms with E-state index in [-0.39, 0.29) is 25.0 Å². The summed E-state index contributed by atoms with van der Waals surface area (Å²) in [5.41, 5.74) is 0. The Morgan fingerprint density at radius 2 is 0.717 bits per heavy atom. The molecule has 2 atom stereocenters. The molecule has 46 heavy (non-hydrogen) atoms. The molecule has 0 aliphatic heterocycles. The van der Waals surface area contributed by atoms with Crippen molar-refractivity contribution in [3.63, 3.8) is 0 Å². The van der Waals surface area contributed by atoms with Crippen LogP contribution >= 0.6 is 0 Å². The Labute approximate surface area is 285 Å². The van der Waals surface area contributed by atoms with E-state index in [9.17, 15) is 19.8 Å². The van der Waals surface area contributed by atoms with Gasteiger partial charge in [0.2, 0.25) is 0 Å². The van der Waals surface area contributed by atoms with E-state index in [0.29, 0.717) is 35.1 Å². The zero-order valence-corrected chi connectivity index (χ0v) is 31.2. The third kappa shape index (κ3) is 27.9. The number of nitrogens with one attached hydrogen (secondary N) is 2. The molecular weight excluding hydrogens is 576 g/mol. The summed E-state index contributed by atoms with van der Waals surface area (Å²) in [6.07, 6.45) is 26.9. The second kappa shape index (κ2) is 31.1. The lowest BCUT2D eigenvalue weighted by Gasteiger charge is -2.33. The highest BCUT2D eigenvalue weighted by atomic mass is 16.3. The number of likely N-dealkylation sites (N-methyl/N-ethyl adjacent to an activating group) is 2. The number of hydrogen-bond acceptors (Lipinski definition) is 4. The maximum Gasteiger partial charge on any atom is 0.275 e. The van der Waals surface area contributed by atoms with E-state index >= 15 is 0 Å². The van der Waals surface area contributed by atoms with Crippen LogP contribution in [0.25, 0.3) is 0 Å². The molecule has 0 bridgehead atoms. The average Bonchev–Trinajstić information content (AvgIpc) is 3.01. The van der Waals surface area contributed by atoms with Crippen LogP contribution in [0.3, 0.4) is 0 Å². The number of unbranched alkanes of at least 4 members (excludes halogenated alkanes) is 19. The number of rotatable bonds is 35. The highest BCUT2D eigenvalue weighted by Crippen LogP contribution is 2.14. The Morgan fingerprint density at radius 3 is 1.02 bits per heavy atom. The van der Waals surface area contributed by atoms with Crippen LogP contribution in [-0.2, 0) is 9.59 Å². The van der Waals surface area contributed by atoms with E-state index in [1.807, 2.05) is 0 Å². The van der Waals surface area contributed by atoms with Gasteiger partial charge in [0, 0.05) is 13.1 Å². The fourth-order valence-corrected chi connectivity index (χ4v) is 6.50. The molecule has 0 aliphatic carbocycles. The van der Waals surface area contributed by atoms with Gasteiger partial charge in [-0.2, -0.15) is 0 Å². The first-order valence-corrected chi connectivity index (χ1v) is 19.7. The maximum atomic E-state index is 12.5. The predicted molar refractivity (Wildman–Crippen MR) is 195 cm³/mol. The molecule has 0 spiro atoms. The number of aliphatic hydroxyl groups is 2. The molecular formula is C38H80N4O4+2. The van der Waals surface area contributed by atoms with Crippen LogP contribution in [0.15, 0.2) is 0 Å². The molecule has 0 radical (unpaired) electrons. The van der Waals surface area contributed by atoms with Crippen LogP contribution in [-0.4, -0.2) is 111 Å². The molecule has 0 fully saturated rings. The first kappa shape index (κ1) is 44.8. The number of carbonyl (C=O) groups excluding carboxylic acids is 2. The Balaban J connectivity index is 3.95. The number of amides is 2. The van der Waals surface area contributed by atoms with E-state index in [4.69, 9.17) is 0 Å². The summed E-state index contributed by atoms with van der Waals surface area (Å²) >= 11 is 0. The summed E-state index contributed by atoms with van der Waals surface area (Å²) in [7, 11) is 4.22. The lowest BCUT2D eigenvalue weighted by atomic mass is 10.1. The van der Waals surface area contributed by atoms with Crippen molar-refractivity contribution in [2.24, 2.45) is 0 Å². The lowest BCUT2D eigenvalue weighted by Crippen LogP contribution is -2.52. The van der Waals surface area contributed by atoms with Gasteiger partial charge < -0.3 is 29.8 Å². The number of carbonyl (C=O) groups is 2. The fraction of sp³-hybridized carbons (Fsp3) is 0.947. The van der Waals surface area contributed by atoms with Crippen molar-refractivity contribution < 1.29 is 28.8 Å². The van der Waals surface area contributed by atoms with E-state index in [0.717, 1.165) is 51.9 Å². The van der Waals surface area contributed by atoms with Crippen molar-refractivity contribution in [2.75, 3.05) is 79.7 Å². The summed E-state index contributed by atoms with van der Waals surface area (Å²) < 4.78 is 1.25. The molecule has 2 amide bonds. The zero-order valence-electron chi connectivity index (χ0n) is 31.2. The van der Waals surface area contributed by atoms with Crippen molar-refractivity contribution in [2.45, 2.75) is 155 Å². The highest BCUT2D eigenvalue weighted by molar-refractivity contribution is 5.77. The maximum absolute atomic E-state index is 12.5. The third-order valence-electron chi connectivity index (χ3n) is 9.68. The van der Waals surface area contributed by atoms with Crippen molar-refractivity contribution in [3.05, 3.63) is 0 Å². The smallest absolute Gasteiger partial charge is 0.275 e. The molecule has 274 valence electrons. The second-order valence-corrected chi connectivity index (χ2v) is 14.7. The molecule has 0 rings (SSSR count). The van der Waals surface area contributed by atoms with Crippen LogP contribution in [0.2, 0.25) is 0 Å². The normalized spacial score (nSPS) is 14.1. The molecule has 8 heteroatoms. The summed E-state index contributed by atoms with van der Waals surface area (Å²) in [5.74, 6) is 0.233. The van der Waals surface area contributed by atoms with Gasteiger partial charge in [0.05, 0.1) is 40.4 Å². The Hall–Kier alpha value is -1.22. The molecule has 0 saturated carbocycles. The molecule has 8 nitrogen and oxygen atoms in total. The molecule has 0 aromatic carbocycles. The van der Waals surface area contributed by atoms with Gasteiger partial charge >= 0.3 is 0 Å². The summed E-state index contributed by atoms with van der Waals surface area (Å²) in [6, 6.07) is 0. The third-order valence-corrected chi connectivity index (χ3v) is 9.68. The second-order valence-electron chi connectivity index (χ2n) is 14.7. The lowest BCUT2D eigenvalue weighted by molar-refractivity contribution is -0.902. The monoisotopic (exact) mass is 657 g/mol. The van der Waals surface area contributed by atoms with Crippen molar-refractivity contribution >= 4 is 11.8 Å². The van der Waals surface area contributed by atoms with Crippen molar-refractivity contribution in [1.82, 2.24) is 10.6 Å². The molecule has 4 N–H and O–H groups in total. The Morgan fingerprint density at radius 1 is 0.435 bits per heavy atom. The van der Waals surface area contributed by atoms with Crippen molar-refractivity contribution in [3.8, 4) is 0 Å². The zero-order chi connectivity index (χ0) is 34.2. The minimum absolute atomic E-state index is 0.116. The largest absolute Gasteiger partial charge is 0.391 e. The predicted octanol–water partition coefficient (Wildman–Crippen LogP) is 6.72. The minimum Gasteiger partial charge on any atom is -0.391 e. The van der Waals surface area contributed by atoms with Crippen LogP contribution in [0, 0.1) is 0 Å². The molecule has 0 heterocycles. The summed E-state index contributed by atoms with van der Waals surface area (Å²) in [4.78, 5) is 25.1. The van der Waals surface area contributed by atoms with Gasteiger partial charge in [-0.05, 0) is 38.5 Å². The number of hydrogen-bond donors (Lipinski definition) is 4. The highest BCUT2D eigenvalue weighted by Gasteiger charge is 2.25. The first-order valence-electron chi connectivity index (χ1n) is 19.7. The van der Waals surface area contributed by atoms with Gasteiger partial charge in [-0.1, -0.05) is 117 Å². The van der Waals surface area contributed by atoms with Gasteiger partial charge in [-0.15, -0.1) is 0 Å². The molecule has 0 aliphatic rings. The van der Waals surface area contributed by atoms with Crippen molar-refractivity contribution in [1.29, 1.82) is 0 Å². The van der Waals surface area contributed by atoms with E-state index in [1.165, 1.54) is 116 Å². The average molecular weight is 657 g/mol. The molecule has 0 saturated heterocycles. The van der Waals surface area contributed by atoms with Gasteiger partial charge in [-0.3, -0.25) is 9.59 Å². The quantitative estimate of drug-likeness (QED) is 0.0450. The van der Waals surface area contributed by atoms with Crippen LogP contribution < -0.4 is 10.6 Å². The number of aliphatic hydroxyl groups excluding tert-OH is 2. The van der Waals surface area contributed by atoms with Gasteiger partial charge in [0.1, 0.15) is 13.1 Å². The Bertz CT molecular complexity index is 652. The first-order chi connectivity index (χ1) is 22.2. The standard InChI is InChI=1S/C38H78N4O4/c1-5-7-9-11-19-23-27-39-37(45)35-41(3,31-33-43)29-25-21-17-15-13-14-16-18-22-26-30-42(4,32-34-44)36-38(46)40-28-24-20-12-10-8-6-2/h43-44H,5-36H2,1-4H3/p+2. The Kier molecular flexibility index (Phi) is 30.2. The van der Waals surface area contributed by atoms with Gasteiger partial charge in [0.25, 0.3) is 11.8 Å². The van der Waals surface area contributed by atoms with Gasteiger partial charge in [0.15, 0.2) is 13.1 Å². The minimum atomic E-state index is 0.116. The van der Waals surface area contributed by atoms with E-state index in [1.54, 1.807) is 0 Å². The molecule has 0 aromatic heterocycles. The number of quaternary nitrogens is 2. The van der Waals surface area contributed by atoms with E-state index in [2.05, 4.69) is 38.6 Å².